The van der Waals surface area contributed by atoms with Crippen molar-refractivity contribution in [2.45, 2.75) is 32.1 Å². The lowest BCUT2D eigenvalue weighted by Crippen LogP contribution is -2.27. The maximum atomic E-state index is 12.5. The molecule has 0 amide bonds. The van der Waals surface area contributed by atoms with Crippen LogP contribution in [0.5, 0.6) is 5.75 Å². The number of hydrogen-bond acceptors (Lipinski definition) is 5. The first kappa shape index (κ1) is 16.5. The third-order valence-corrected chi connectivity index (χ3v) is 5.05. The molecule has 0 unspecified atom stereocenters. The van der Waals surface area contributed by atoms with Gasteiger partial charge in [-0.25, -0.2) is 13.1 Å². The Morgan fingerprint density at radius 1 is 1.18 bits per heavy atom. The van der Waals surface area contributed by atoms with Crippen LogP contribution in [0.2, 0.25) is 0 Å². The first-order valence-electron chi connectivity index (χ1n) is 6.90. The zero-order valence-corrected chi connectivity index (χ0v) is 14.0. The summed E-state index contributed by atoms with van der Waals surface area (Å²) in [6.07, 6.45) is 0.477. The minimum absolute atomic E-state index is 0.263. The predicted molar refractivity (Wildman–Crippen MR) is 82.6 cm³/mol. The molecule has 22 heavy (non-hydrogen) atoms. The fourth-order valence-corrected chi connectivity index (χ4v) is 3.85. The second-order valence-corrected chi connectivity index (χ2v) is 6.87. The molecule has 120 valence electrons. The smallest absolute Gasteiger partial charge is 0.241 e. The van der Waals surface area contributed by atoms with Crippen LogP contribution in [0.3, 0.4) is 0 Å². The number of methoxy groups -OCH3 is 1. The lowest BCUT2D eigenvalue weighted by molar-refractivity contribution is 0.390. The van der Waals surface area contributed by atoms with E-state index in [4.69, 9.17) is 9.26 Å². The van der Waals surface area contributed by atoms with Crippen LogP contribution < -0.4 is 9.46 Å². The standard InChI is InChI=1S/C15H20N2O4S/c1-10-7-14(20-4)8-11(2)15(10)22(18,19)16-6-5-13-9-12(3)21-17-13/h7-9,16H,5-6H2,1-4H3. The Balaban J connectivity index is 2.13. The summed E-state index contributed by atoms with van der Waals surface area (Å²) >= 11 is 0. The summed E-state index contributed by atoms with van der Waals surface area (Å²) in [6.45, 7) is 5.57. The second-order valence-electron chi connectivity index (χ2n) is 5.17. The Hall–Kier alpha value is -1.86. The molecule has 6 nitrogen and oxygen atoms in total. The highest BCUT2D eigenvalue weighted by Gasteiger charge is 2.20. The van der Waals surface area contributed by atoms with Crippen molar-refractivity contribution in [2.75, 3.05) is 13.7 Å². The van der Waals surface area contributed by atoms with Gasteiger partial charge in [-0.05, 0) is 44.0 Å². The summed E-state index contributed by atoms with van der Waals surface area (Å²) in [4.78, 5) is 0.296. The molecule has 0 spiro atoms. The van der Waals surface area contributed by atoms with Gasteiger partial charge in [-0.15, -0.1) is 0 Å². The van der Waals surface area contributed by atoms with Gasteiger partial charge in [0.25, 0.3) is 0 Å². The molecular weight excluding hydrogens is 304 g/mol. The highest BCUT2D eigenvalue weighted by molar-refractivity contribution is 7.89. The topological polar surface area (TPSA) is 81.4 Å². The molecule has 0 saturated carbocycles. The fraction of sp³-hybridized carbons (Fsp3) is 0.400. The quantitative estimate of drug-likeness (QED) is 0.880. The van der Waals surface area contributed by atoms with E-state index in [9.17, 15) is 8.42 Å². The predicted octanol–water partition coefficient (Wildman–Crippen LogP) is 2.13. The molecule has 0 radical (unpaired) electrons. The molecule has 2 rings (SSSR count). The molecule has 0 fully saturated rings. The SMILES string of the molecule is COc1cc(C)c(S(=O)(=O)NCCc2cc(C)on2)c(C)c1. The van der Waals surface area contributed by atoms with E-state index in [-0.39, 0.29) is 6.54 Å². The number of aromatic nitrogens is 1. The lowest BCUT2D eigenvalue weighted by atomic mass is 10.1. The Bertz CT molecular complexity index is 743. The third kappa shape index (κ3) is 3.66. The number of nitrogens with one attached hydrogen (secondary N) is 1. The third-order valence-electron chi connectivity index (χ3n) is 3.29. The van der Waals surface area contributed by atoms with Crippen LogP contribution >= 0.6 is 0 Å². The van der Waals surface area contributed by atoms with Crippen LogP contribution in [-0.4, -0.2) is 27.2 Å². The van der Waals surface area contributed by atoms with Crippen molar-refractivity contribution in [1.82, 2.24) is 9.88 Å². The van der Waals surface area contributed by atoms with Crippen molar-refractivity contribution < 1.29 is 17.7 Å². The van der Waals surface area contributed by atoms with Gasteiger partial charge in [0.2, 0.25) is 10.0 Å². The Morgan fingerprint density at radius 2 is 1.82 bits per heavy atom. The van der Waals surface area contributed by atoms with E-state index in [1.165, 1.54) is 0 Å². The van der Waals surface area contributed by atoms with Crippen molar-refractivity contribution in [2.24, 2.45) is 0 Å². The van der Waals surface area contributed by atoms with Crippen molar-refractivity contribution in [3.05, 3.63) is 40.8 Å². The molecule has 7 heteroatoms. The number of benzene rings is 1. The van der Waals surface area contributed by atoms with E-state index < -0.39 is 10.0 Å². The summed E-state index contributed by atoms with van der Waals surface area (Å²) in [5.41, 5.74) is 2.03. The average Bonchev–Trinajstić information content (AvgIpc) is 2.83. The van der Waals surface area contributed by atoms with Crippen LogP contribution in [0, 0.1) is 20.8 Å². The minimum atomic E-state index is -3.57. The summed E-state index contributed by atoms with van der Waals surface area (Å²) in [5, 5.41) is 3.84. The number of nitrogens with zero attached hydrogens (tertiary/aromatic N) is 1. The van der Waals surface area contributed by atoms with Gasteiger partial charge >= 0.3 is 0 Å². The Labute approximate surface area is 130 Å². The first-order valence-corrected chi connectivity index (χ1v) is 8.39. The molecule has 0 bridgehead atoms. The van der Waals surface area contributed by atoms with Gasteiger partial charge in [-0.1, -0.05) is 5.16 Å². The van der Waals surface area contributed by atoms with Crippen LogP contribution in [-0.2, 0) is 16.4 Å². The first-order chi connectivity index (χ1) is 10.3. The van der Waals surface area contributed by atoms with Gasteiger partial charge in [-0.2, -0.15) is 0 Å². The van der Waals surface area contributed by atoms with Crippen LogP contribution in [0.25, 0.3) is 0 Å². The number of hydrogen-bond donors (Lipinski definition) is 1. The molecule has 1 N–H and O–H groups in total. The van der Waals surface area contributed by atoms with E-state index >= 15 is 0 Å². The van der Waals surface area contributed by atoms with Crippen molar-refractivity contribution >= 4 is 10.0 Å². The van der Waals surface area contributed by atoms with Crippen LogP contribution in [0.1, 0.15) is 22.6 Å². The van der Waals surface area contributed by atoms with E-state index in [2.05, 4.69) is 9.88 Å². The van der Waals surface area contributed by atoms with Gasteiger partial charge < -0.3 is 9.26 Å². The molecule has 0 aliphatic carbocycles. The van der Waals surface area contributed by atoms with E-state index in [0.29, 0.717) is 34.0 Å². The molecule has 0 aliphatic rings. The molecular formula is C15H20N2O4S. The monoisotopic (exact) mass is 324 g/mol. The van der Waals surface area contributed by atoms with Gasteiger partial charge in [0, 0.05) is 19.0 Å². The summed E-state index contributed by atoms with van der Waals surface area (Å²) in [7, 11) is -2.02. The van der Waals surface area contributed by atoms with E-state index in [0.717, 1.165) is 5.69 Å². The molecule has 1 aromatic heterocycles. The molecule has 1 aromatic carbocycles. The van der Waals surface area contributed by atoms with Gasteiger partial charge in [-0.3, -0.25) is 0 Å². The average molecular weight is 324 g/mol. The highest BCUT2D eigenvalue weighted by Crippen LogP contribution is 2.25. The number of aryl methyl sites for hydroxylation is 3. The summed E-state index contributed by atoms with van der Waals surface area (Å²) in [6, 6.07) is 5.21. The Morgan fingerprint density at radius 3 is 2.32 bits per heavy atom. The molecule has 0 atom stereocenters. The van der Waals surface area contributed by atoms with Gasteiger partial charge in [0.15, 0.2) is 0 Å². The van der Waals surface area contributed by atoms with Gasteiger partial charge in [0.1, 0.15) is 11.5 Å². The maximum absolute atomic E-state index is 12.5. The number of rotatable bonds is 6. The largest absolute Gasteiger partial charge is 0.497 e. The second kappa shape index (κ2) is 6.50. The molecule has 0 saturated heterocycles. The normalized spacial score (nSPS) is 11.6. The van der Waals surface area contributed by atoms with Crippen molar-refractivity contribution in [1.29, 1.82) is 0 Å². The summed E-state index contributed by atoms with van der Waals surface area (Å²) in [5.74, 6) is 1.35. The Kier molecular flexibility index (Phi) is 4.87. The summed E-state index contributed by atoms with van der Waals surface area (Å²) < 4.78 is 37.7. The number of ether oxygens (including phenoxy) is 1. The fourth-order valence-electron chi connectivity index (χ4n) is 2.37. The van der Waals surface area contributed by atoms with Crippen molar-refractivity contribution in [3.63, 3.8) is 0 Å². The maximum Gasteiger partial charge on any atom is 0.241 e. The van der Waals surface area contributed by atoms with Crippen LogP contribution in [0.4, 0.5) is 0 Å². The zero-order chi connectivity index (χ0) is 16.3. The molecule has 0 aliphatic heterocycles. The molecule has 1 heterocycles. The number of sulfonamides is 1. The van der Waals surface area contributed by atoms with E-state index in [1.54, 1.807) is 46.1 Å². The van der Waals surface area contributed by atoms with Crippen molar-refractivity contribution in [3.8, 4) is 5.75 Å². The lowest BCUT2D eigenvalue weighted by Gasteiger charge is -2.13. The van der Waals surface area contributed by atoms with E-state index in [1.807, 2.05) is 0 Å². The minimum Gasteiger partial charge on any atom is -0.497 e. The van der Waals surface area contributed by atoms with Crippen LogP contribution in [0.15, 0.2) is 27.6 Å². The molecule has 2 aromatic rings. The van der Waals surface area contributed by atoms with Gasteiger partial charge in [0.05, 0.1) is 17.7 Å². The highest BCUT2D eigenvalue weighted by atomic mass is 32.2. The zero-order valence-electron chi connectivity index (χ0n) is 13.1.